The van der Waals surface area contributed by atoms with Crippen LogP contribution >= 0.6 is 43.5 Å². The average Bonchev–Trinajstić information content (AvgIpc) is 2.79. The second-order valence-electron chi connectivity index (χ2n) is 4.86. The largest absolute Gasteiger partial charge is 0.323 e. The summed E-state index contributed by atoms with van der Waals surface area (Å²) in [5, 5.41) is 0.701. The number of halogens is 3. The molecule has 0 aliphatic rings. The lowest BCUT2D eigenvalue weighted by atomic mass is 10.00. The minimum atomic E-state index is -0.209. The van der Waals surface area contributed by atoms with Gasteiger partial charge >= 0.3 is 5.69 Å². The monoisotopic (exact) mass is 428 g/mol. The van der Waals surface area contributed by atoms with Gasteiger partial charge in [-0.1, -0.05) is 49.5 Å². The minimum absolute atomic E-state index is 0.0200. The van der Waals surface area contributed by atoms with Crippen LogP contribution < -0.4 is 5.69 Å². The summed E-state index contributed by atoms with van der Waals surface area (Å²) < 4.78 is 0.923. The predicted octanol–water partition coefficient (Wildman–Crippen LogP) is 5.06. The van der Waals surface area contributed by atoms with Crippen LogP contribution in [-0.4, -0.2) is 9.97 Å². The molecule has 0 aliphatic carbocycles. The van der Waals surface area contributed by atoms with Crippen molar-refractivity contribution < 1.29 is 0 Å². The third-order valence-electron chi connectivity index (χ3n) is 3.42. The Bertz CT molecular complexity index is 885. The summed E-state index contributed by atoms with van der Waals surface area (Å²) in [4.78, 5) is 16.9. The summed E-state index contributed by atoms with van der Waals surface area (Å²) in [5.41, 5.74) is 4.62. The van der Waals surface area contributed by atoms with E-state index in [1.807, 2.05) is 37.3 Å². The highest BCUT2D eigenvalue weighted by molar-refractivity contribution is 9.11. The molecule has 108 valence electrons. The number of hydrogen-bond donors (Lipinski definition) is 2. The Hall–Kier alpha value is -1.04. The third-order valence-corrected chi connectivity index (χ3v) is 5.33. The summed E-state index contributed by atoms with van der Waals surface area (Å²) >= 11 is 13.4. The number of hydrogen-bond acceptors (Lipinski definition) is 1. The van der Waals surface area contributed by atoms with E-state index in [-0.39, 0.29) is 10.5 Å². The van der Waals surface area contributed by atoms with Crippen LogP contribution in [0.2, 0.25) is 5.02 Å². The number of aryl methyl sites for hydroxylation is 1. The van der Waals surface area contributed by atoms with Gasteiger partial charge in [0, 0.05) is 9.50 Å². The van der Waals surface area contributed by atoms with Crippen LogP contribution in [0.5, 0.6) is 0 Å². The molecule has 3 nitrogen and oxygen atoms in total. The number of fused-ring (bicyclic) bond motifs is 1. The molecule has 3 rings (SSSR count). The first-order chi connectivity index (χ1) is 9.95. The van der Waals surface area contributed by atoms with Gasteiger partial charge < -0.3 is 9.97 Å². The number of imidazole rings is 1. The minimum Gasteiger partial charge on any atom is -0.306 e. The van der Waals surface area contributed by atoms with Crippen LogP contribution in [-0.2, 0) is 0 Å². The van der Waals surface area contributed by atoms with Crippen LogP contribution in [0.15, 0.2) is 39.6 Å². The highest BCUT2D eigenvalue weighted by Gasteiger charge is 2.17. The average molecular weight is 431 g/mol. The van der Waals surface area contributed by atoms with E-state index in [0.29, 0.717) is 5.02 Å². The zero-order chi connectivity index (χ0) is 15.1. The van der Waals surface area contributed by atoms with Crippen molar-refractivity contribution in [1.29, 1.82) is 0 Å². The zero-order valence-electron chi connectivity index (χ0n) is 11.0. The maximum atomic E-state index is 11.4. The Morgan fingerprint density at radius 3 is 2.48 bits per heavy atom. The summed E-state index contributed by atoms with van der Waals surface area (Å²) in [6.45, 7) is 2.05. The van der Waals surface area contributed by atoms with E-state index < -0.39 is 0 Å². The van der Waals surface area contributed by atoms with Gasteiger partial charge in [-0.3, -0.25) is 0 Å². The van der Waals surface area contributed by atoms with Gasteiger partial charge in [0.2, 0.25) is 0 Å². The number of aromatic amines is 2. The maximum absolute atomic E-state index is 11.4. The fourth-order valence-electron chi connectivity index (χ4n) is 2.32. The van der Waals surface area contributed by atoms with Crippen molar-refractivity contribution in [2.75, 3.05) is 0 Å². The molecular weight excluding hydrogens is 419 g/mol. The van der Waals surface area contributed by atoms with Crippen molar-refractivity contribution in [2.24, 2.45) is 0 Å². The number of benzene rings is 2. The van der Waals surface area contributed by atoms with Gasteiger partial charge in [-0.2, -0.15) is 0 Å². The molecule has 0 aliphatic heterocycles. The molecule has 1 heterocycles. The zero-order valence-corrected chi connectivity index (χ0v) is 14.9. The number of alkyl halides is 1. The Morgan fingerprint density at radius 1 is 1.10 bits per heavy atom. The van der Waals surface area contributed by atoms with E-state index in [9.17, 15) is 4.79 Å². The maximum Gasteiger partial charge on any atom is 0.323 e. The van der Waals surface area contributed by atoms with E-state index >= 15 is 0 Å². The van der Waals surface area contributed by atoms with Crippen LogP contribution in [0, 0.1) is 6.92 Å². The standard InChI is InChI=1S/C15H11Br2ClN2O/c1-7-2-3-8(18)4-9(7)14(17)10-5-12-13(6-11(10)16)20-15(21)19-12/h2-6,14H,1H3,(H2,19,20,21). The summed E-state index contributed by atoms with van der Waals surface area (Å²) in [6, 6.07) is 9.68. The van der Waals surface area contributed by atoms with Crippen molar-refractivity contribution in [2.45, 2.75) is 11.8 Å². The molecule has 1 unspecified atom stereocenters. The molecule has 0 fully saturated rings. The Kier molecular flexibility index (Phi) is 3.99. The van der Waals surface area contributed by atoms with Gasteiger partial charge in [-0.05, 0) is 47.9 Å². The molecular formula is C15H11Br2ClN2O. The molecule has 0 radical (unpaired) electrons. The molecule has 2 aromatic carbocycles. The van der Waals surface area contributed by atoms with Gasteiger partial charge in [0.25, 0.3) is 0 Å². The van der Waals surface area contributed by atoms with Crippen LogP contribution in [0.3, 0.4) is 0 Å². The molecule has 21 heavy (non-hydrogen) atoms. The first-order valence-corrected chi connectivity index (χ1v) is 8.36. The lowest BCUT2D eigenvalue weighted by Crippen LogP contribution is -1.99. The van der Waals surface area contributed by atoms with Crippen molar-refractivity contribution in [3.8, 4) is 0 Å². The van der Waals surface area contributed by atoms with E-state index in [1.54, 1.807) is 0 Å². The highest BCUT2D eigenvalue weighted by atomic mass is 79.9. The van der Waals surface area contributed by atoms with Crippen molar-refractivity contribution in [1.82, 2.24) is 9.97 Å². The summed E-state index contributed by atoms with van der Waals surface area (Å²) in [6.07, 6.45) is 0. The highest BCUT2D eigenvalue weighted by Crippen LogP contribution is 2.39. The lowest BCUT2D eigenvalue weighted by Gasteiger charge is -2.16. The Morgan fingerprint density at radius 2 is 1.76 bits per heavy atom. The van der Waals surface area contributed by atoms with Gasteiger partial charge in [0.1, 0.15) is 0 Å². The molecule has 3 aromatic rings. The Balaban J connectivity index is 2.16. The van der Waals surface area contributed by atoms with Gasteiger partial charge in [0.15, 0.2) is 0 Å². The van der Waals surface area contributed by atoms with Crippen LogP contribution in [0.4, 0.5) is 0 Å². The first-order valence-electron chi connectivity index (χ1n) is 6.27. The molecule has 6 heteroatoms. The fraction of sp³-hybridized carbons (Fsp3) is 0.133. The second-order valence-corrected chi connectivity index (χ2v) is 7.07. The number of aromatic nitrogens is 2. The van der Waals surface area contributed by atoms with Gasteiger partial charge in [-0.25, -0.2) is 4.79 Å². The Labute approximate surface area is 143 Å². The molecule has 0 saturated carbocycles. The molecule has 1 atom stereocenters. The second kappa shape index (κ2) is 5.63. The fourth-order valence-corrected chi connectivity index (χ4v) is 4.25. The molecule has 0 amide bonds. The molecule has 0 saturated heterocycles. The van der Waals surface area contributed by atoms with E-state index in [1.165, 1.54) is 0 Å². The topological polar surface area (TPSA) is 48.6 Å². The lowest BCUT2D eigenvalue weighted by molar-refractivity contribution is 1.14. The molecule has 2 N–H and O–H groups in total. The number of rotatable bonds is 2. The molecule has 0 spiro atoms. The number of H-pyrrole nitrogens is 2. The third kappa shape index (κ3) is 2.82. The normalized spacial score (nSPS) is 12.8. The summed E-state index contributed by atoms with van der Waals surface area (Å²) in [5.74, 6) is 0. The quantitative estimate of drug-likeness (QED) is 0.548. The van der Waals surface area contributed by atoms with Gasteiger partial charge in [0.05, 0.1) is 15.9 Å². The smallest absolute Gasteiger partial charge is 0.306 e. The van der Waals surface area contributed by atoms with Crippen LogP contribution in [0.1, 0.15) is 21.5 Å². The van der Waals surface area contributed by atoms with E-state index in [4.69, 9.17) is 11.6 Å². The molecule has 1 aromatic heterocycles. The van der Waals surface area contributed by atoms with E-state index in [0.717, 1.165) is 32.2 Å². The summed E-state index contributed by atoms with van der Waals surface area (Å²) in [7, 11) is 0. The van der Waals surface area contributed by atoms with Crippen LogP contribution in [0.25, 0.3) is 11.0 Å². The number of nitrogens with one attached hydrogen (secondary N) is 2. The molecule has 0 bridgehead atoms. The van der Waals surface area contributed by atoms with Crippen molar-refractivity contribution in [3.63, 3.8) is 0 Å². The first kappa shape index (κ1) is 14.9. The SMILES string of the molecule is Cc1ccc(Cl)cc1C(Br)c1cc2[nH]c(=O)[nH]c2cc1Br. The van der Waals surface area contributed by atoms with Crippen molar-refractivity contribution >= 4 is 54.5 Å². The van der Waals surface area contributed by atoms with E-state index in [2.05, 4.69) is 41.8 Å². The predicted molar refractivity (Wildman–Crippen MR) is 93.6 cm³/mol. The van der Waals surface area contributed by atoms with Crippen molar-refractivity contribution in [3.05, 3.63) is 67.0 Å². The van der Waals surface area contributed by atoms with Gasteiger partial charge in [-0.15, -0.1) is 0 Å².